The Morgan fingerprint density at radius 2 is 1.36 bits per heavy atom. The number of ether oxygens (including phenoxy) is 4. The topological polar surface area (TPSA) is 84.8 Å². The third kappa shape index (κ3) is 5.26. The average Bonchev–Trinajstić information content (AvgIpc) is 3.31. The standard InChI is InChI=1S/C32H42F6O8S/c1-15-5-8-22-18(24(31(33,34)35)41-26-29(22,44-39)20(15)10-7-17(3)40-26)13-47-14-19-23-9-6-16(2)21-11-12-28(4)43-27(30(21,23)46-45-28)42-25(19)32(36,37)38/h15-17,20-23,26-27,39H,5-14H2,1-4H3/t15-,16-,17+,20?,21?,22+,23+,26+,27-,28?,29-,30-/m1/s1. The summed E-state index contributed by atoms with van der Waals surface area (Å²) >= 11 is 0.926. The molecule has 4 saturated heterocycles. The average molecular weight is 701 g/mol. The molecule has 2 aliphatic carbocycles. The SMILES string of the molecule is C[C@@H]1CC[C@H]2C(CSCC3=C(C(F)(F)F)O[C@@H]4OC5(C)CCC6[C@H](C)CC[C@@H]3[C@]64OO5)=C(C(F)(F)F)O[C@@H]3O[C@@H](C)CCC1[C@]32OO. The number of rotatable bonds is 5. The maximum absolute atomic E-state index is 14.7. The zero-order valence-electron chi connectivity index (χ0n) is 26.7. The Bertz CT molecular complexity index is 1240. The molecule has 8 aliphatic rings. The van der Waals surface area contributed by atoms with Crippen LogP contribution in [0.15, 0.2) is 22.7 Å². The highest BCUT2D eigenvalue weighted by Crippen LogP contribution is 2.62. The second kappa shape index (κ2) is 11.7. The first-order valence-electron chi connectivity index (χ1n) is 16.6. The van der Waals surface area contributed by atoms with Gasteiger partial charge in [-0.1, -0.05) is 13.8 Å². The van der Waals surface area contributed by atoms with Crippen molar-refractivity contribution in [3.8, 4) is 0 Å². The van der Waals surface area contributed by atoms with Crippen LogP contribution in [-0.2, 0) is 33.6 Å². The number of hydrogen-bond acceptors (Lipinski definition) is 9. The van der Waals surface area contributed by atoms with Crippen LogP contribution in [0.4, 0.5) is 26.3 Å². The lowest BCUT2D eigenvalue weighted by atomic mass is 9.59. The van der Waals surface area contributed by atoms with Gasteiger partial charge in [0, 0.05) is 41.6 Å². The van der Waals surface area contributed by atoms with Crippen LogP contribution in [0.1, 0.15) is 79.1 Å². The lowest BCUT2D eigenvalue weighted by Gasteiger charge is -2.57. The van der Waals surface area contributed by atoms with E-state index in [-0.39, 0.29) is 52.7 Å². The monoisotopic (exact) mass is 700 g/mol. The van der Waals surface area contributed by atoms with Crippen molar-refractivity contribution in [3.05, 3.63) is 22.7 Å². The summed E-state index contributed by atoms with van der Waals surface area (Å²) in [6.45, 7) is 7.37. The summed E-state index contributed by atoms with van der Waals surface area (Å²) in [5.74, 6) is -6.45. The van der Waals surface area contributed by atoms with Crippen molar-refractivity contribution in [1.29, 1.82) is 0 Å². The smallest absolute Gasteiger partial charge is 0.449 e. The van der Waals surface area contributed by atoms with E-state index in [0.29, 0.717) is 44.9 Å². The van der Waals surface area contributed by atoms with Crippen LogP contribution in [0.25, 0.3) is 0 Å². The largest absolute Gasteiger partial charge is 0.456 e. The Morgan fingerprint density at radius 3 is 2.00 bits per heavy atom. The van der Waals surface area contributed by atoms with Gasteiger partial charge in [-0.05, 0) is 81.8 Å². The first-order chi connectivity index (χ1) is 22.0. The van der Waals surface area contributed by atoms with E-state index < -0.39 is 71.4 Å². The number of fused-ring (bicyclic) bond motifs is 2. The molecule has 0 aromatic rings. The highest BCUT2D eigenvalue weighted by atomic mass is 32.2. The van der Waals surface area contributed by atoms with Crippen LogP contribution in [0.2, 0.25) is 0 Å². The van der Waals surface area contributed by atoms with E-state index in [1.807, 2.05) is 13.8 Å². The molecule has 6 fully saturated rings. The molecule has 1 spiro atoms. The van der Waals surface area contributed by atoms with Gasteiger partial charge in [-0.25, -0.2) is 14.7 Å². The van der Waals surface area contributed by atoms with Crippen molar-refractivity contribution in [2.24, 2.45) is 35.5 Å². The van der Waals surface area contributed by atoms with E-state index in [9.17, 15) is 31.6 Å². The molecule has 8 nitrogen and oxygen atoms in total. The van der Waals surface area contributed by atoms with Gasteiger partial charge in [0.2, 0.25) is 29.9 Å². The molecule has 15 heteroatoms. The van der Waals surface area contributed by atoms with Gasteiger partial charge in [-0.15, -0.1) is 0 Å². The van der Waals surface area contributed by atoms with Gasteiger partial charge in [0.05, 0.1) is 6.10 Å². The lowest BCUT2D eigenvalue weighted by molar-refractivity contribution is -0.557. The Hall–Kier alpha value is -1.23. The van der Waals surface area contributed by atoms with Crippen molar-refractivity contribution >= 4 is 11.8 Å². The van der Waals surface area contributed by atoms with Gasteiger partial charge >= 0.3 is 12.4 Å². The molecular weight excluding hydrogens is 658 g/mol. The maximum atomic E-state index is 14.7. The summed E-state index contributed by atoms with van der Waals surface area (Å²) in [6.07, 6.45) is -9.13. The van der Waals surface area contributed by atoms with Crippen LogP contribution in [0, 0.1) is 35.5 Å². The number of thioether (sulfide) groups is 1. The van der Waals surface area contributed by atoms with E-state index in [0.717, 1.165) is 11.8 Å². The molecule has 2 bridgehead atoms. The highest BCUT2D eigenvalue weighted by Gasteiger charge is 2.70. The minimum absolute atomic E-state index is 0.00818. The molecule has 0 amide bonds. The highest BCUT2D eigenvalue weighted by molar-refractivity contribution is 7.99. The summed E-state index contributed by atoms with van der Waals surface area (Å²) in [6, 6.07) is 0. The molecule has 12 atom stereocenters. The Labute approximate surface area is 273 Å². The lowest BCUT2D eigenvalue weighted by Crippen LogP contribution is -2.67. The van der Waals surface area contributed by atoms with Crippen LogP contribution < -0.4 is 0 Å². The Balaban J connectivity index is 1.25. The summed E-state index contributed by atoms with van der Waals surface area (Å²) in [4.78, 5) is 16.9. The second-order valence-corrected chi connectivity index (χ2v) is 15.8. The van der Waals surface area contributed by atoms with E-state index in [1.54, 1.807) is 13.8 Å². The fraction of sp³-hybridized carbons (Fsp3) is 0.875. The van der Waals surface area contributed by atoms with Crippen molar-refractivity contribution < 1.29 is 65.2 Å². The van der Waals surface area contributed by atoms with Gasteiger partial charge in [-0.3, -0.25) is 5.26 Å². The van der Waals surface area contributed by atoms with Crippen molar-refractivity contribution in [3.63, 3.8) is 0 Å². The molecule has 47 heavy (non-hydrogen) atoms. The summed E-state index contributed by atoms with van der Waals surface area (Å²) in [7, 11) is 0. The minimum Gasteiger partial charge on any atom is -0.456 e. The molecule has 8 rings (SSSR count). The second-order valence-electron chi connectivity index (χ2n) is 14.8. The molecule has 0 radical (unpaired) electrons. The van der Waals surface area contributed by atoms with Crippen LogP contribution in [0.5, 0.6) is 0 Å². The molecule has 0 aromatic heterocycles. The Kier molecular flexibility index (Phi) is 8.49. The van der Waals surface area contributed by atoms with Gasteiger partial charge in [0.1, 0.15) is 0 Å². The molecule has 6 aliphatic heterocycles. The van der Waals surface area contributed by atoms with Gasteiger partial charge in [0.15, 0.2) is 11.2 Å². The number of halogens is 6. The van der Waals surface area contributed by atoms with E-state index >= 15 is 0 Å². The van der Waals surface area contributed by atoms with Crippen LogP contribution in [0.3, 0.4) is 0 Å². The van der Waals surface area contributed by atoms with Crippen molar-refractivity contribution in [1.82, 2.24) is 0 Å². The molecule has 1 N–H and O–H groups in total. The van der Waals surface area contributed by atoms with Gasteiger partial charge < -0.3 is 18.9 Å². The molecule has 266 valence electrons. The maximum Gasteiger partial charge on any atom is 0.449 e. The first-order valence-corrected chi connectivity index (χ1v) is 17.7. The number of allylic oxidation sites excluding steroid dienone is 2. The van der Waals surface area contributed by atoms with Crippen LogP contribution >= 0.6 is 11.8 Å². The van der Waals surface area contributed by atoms with E-state index in [4.69, 9.17) is 33.6 Å². The van der Waals surface area contributed by atoms with Gasteiger partial charge in [0.25, 0.3) is 0 Å². The molecule has 0 aromatic carbocycles. The number of alkyl halides is 6. The summed E-state index contributed by atoms with van der Waals surface area (Å²) in [5.41, 5.74) is -3.14. The van der Waals surface area contributed by atoms with Crippen molar-refractivity contribution in [2.45, 2.75) is 127 Å². The van der Waals surface area contributed by atoms with Crippen molar-refractivity contribution in [2.75, 3.05) is 11.5 Å². The third-order valence-electron chi connectivity index (χ3n) is 12.1. The predicted molar refractivity (Wildman–Crippen MR) is 154 cm³/mol. The first kappa shape index (κ1) is 34.2. The fourth-order valence-electron chi connectivity index (χ4n) is 9.88. The zero-order valence-corrected chi connectivity index (χ0v) is 27.6. The Morgan fingerprint density at radius 1 is 0.766 bits per heavy atom. The van der Waals surface area contributed by atoms with E-state index in [2.05, 4.69) is 0 Å². The third-order valence-corrected chi connectivity index (χ3v) is 13.1. The molecule has 3 unspecified atom stereocenters. The summed E-state index contributed by atoms with van der Waals surface area (Å²) in [5, 5.41) is 10.4. The molecule has 6 heterocycles. The van der Waals surface area contributed by atoms with Crippen LogP contribution in [-0.4, -0.2) is 64.8 Å². The zero-order chi connectivity index (χ0) is 33.7. The van der Waals surface area contributed by atoms with Gasteiger partial charge in [-0.2, -0.15) is 38.1 Å². The normalized spacial score (nSPS) is 46.6. The predicted octanol–water partition coefficient (Wildman–Crippen LogP) is 8.04. The van der Waals surface area contributed by atoms with E-state index in [1.165, 1.54) is 0 Å². The number of hydrogen-bond donors (Lipinski definition) is 1. The summed E-state index contributed by atoms with van der Waals surface area (Å²) < 4.78 is 111. The fourth-order valence-corrected chi connectivity index (χ4v) is 11.1. The molecular formula is C32H42F6O8S. The quantitative estimate of drug-likeness (QED) is 0.174. The molecule has 2 saturated carbocycles. The minimum atomic E-state index is -4.91.